The summed E-state index contributed by atoms with van der Waals surface area (Å²) in [6.07, 6.45) is 11.0. The van der Waals surface area contributed by atoms with Crippen LogP contribution in [0.15, 0.2) is 151 Å². The second-order valence-electron chi connectivity index (χ2n) is 16.1. The van der Waals surface area contributed by atoms with Crippen molar-refractivity contribution in [2.45, 2.75) is 41.0 Å². The molecule has 7 aromatic carbocycles. The summed E-state index contributed by atoms with van der Waals surface area (Å²) in [7, 11) is 0. The SMILES string of the molecule is C=C/C=C\c1c(C)oc2nc(Cl)c(-n3c(=C/C)/c(=C\CC)c4c5cc(-c6ccc7c8ccccc8n(-c8ccccc8)c7c6)ccc5c5c6cc7ccccc7cc6sc5c43)nc12.CC. The minimum atomic E-state index is 0.273. The van der Waals surface area contributed by atoms with Gasteiger partial charge in [0.15, 0.2) is 11.0 Å². The van der Waals surface area contributed by atoms with Gasteiger partial charge in [0.1, 0.15) is 11.3 Å². The molecule has 12 rings (SSSR count). The first-order chi connectivity index (χ1) is 31.9. The van der Waals surface area contributed by atoms with E-state index in [-0.39, 0.29) is 5.15 Å². The maximum absolute atomic E-state index is 7.27. The van der Waals surface area contributed by atoms with Gasteiger partial charge in [0.2, 0.25) is 5.71 Å². The quantitative estimate of drug-likeness (QED) is 0.156. The minimum absolute atomic E-state index is 0.273. The maximum atomic E-state index is 7.27. The monoisotopic (exact) mass is 880 g/mol. The first-order valence-electron chi connectivity index (χ1n) is 22.3. The summed E-state index contributed by atoms with van der Waals surface area (Å²) in [5.41, 5.74) is 8.76. The van der Waals surface area contributed by atoms with Gasteiger partial charge < -0.3 is 8.98 Å². The summed E-state index contributed by atoms with van der Waals surface area (Å²) in [5.74, 6) is 1.28. The first kappa shape index (κ1) is 40.5. The molecule has 0 atom stereocenters. The van der Waals surface area contributed by atoms with Crippen molar-refractivity contribution in [2.24, 2.45) is 0 Å². The second kappa shape index (κ2) is 16.1. The topological polar surface area (TPSA) is 48.8 Å². The lowest BCUT2D eigenvalue weighted by Gasteiger charge is -2.12. The van der Waals surface area contributed by atoms with Crippen molar-refractivity contribution < 1.29 is 4.42 Å². The molecule has 7 heteroatoms. The molecule has 65 heavy (non-hydrogen) atoms. The average Bonchev–Trinajstić information content (AvgIpc) is 4.07. The van der Waals surface area contributed by atoms with Crippen LogP contribution in [0.4, 0.5) is 0 Å². The van der Waals surface area contributed by atoms with E-state index in [4.69, 9.17) is 26.0 Å². The highest BCUT2D eigenvalue weighted by atomic mass is 35.5. The standard InChI is InChI=1S/C56H39ClN4OS.C2H6/c1-5-8-21-38-32(4)62-56-51(38)58-55(54(57)59-56)61-45(7-3)42(16-6-2)49-43-28-35(25-27-41(43)50-44-29-33-17-12-13-18-34(33)31-48(44)63-53(50)52(49)61)36-24-26-40-39-22-14-15-23-46(39)60(47(40)30-36)37-19-10-9-11-20-37;1-2/h5,7-31H,1,6H2,2-4H3;1-2H3/b21-8-,42-16+,45-7+;. The van der Waals surface area contributed by atoms with Gasteiger partial charge in [0.25, 0.3) is 0 Å². The predicted octanol–water partition coefficient (Wildman–Crippen LogP) is 15.8. The molecule has 0 unspecified atom stereocenters. The van der Waals surface area contributed by atoms with Crippen molar-refractivity contribution in [1.29, 1.82) is 0 Å². The van der Waals surface area contributed by atoms with E-state index < -0.39 is 0 Å². The fourth-order valence-corrected chi connectivity index (χ4v) is 11.4. The number of hydrogen-bond acceptors (Lipinski definition) is 4. The zero-order valence-corrected chi connectivity index (χ0v) is 38.5. The lowest BCUT2D eigenvalue weighted by atomic mass is 9.94. The lowest BCUT2D eigenvalue weighted by molar-refractivity contribution is 0.566. The Bertz CT molecular complexity index is 4070. The van der Waals surface area contributed by atoms with Crippen LogP contribution in [-0.4, -0.2) is 19.1 Å². The molecule has 0 aliphatic rings. The van der Waals surface area contributed by atoms with Gasteiger partial charge >= 0.3 is 0 Å². The number of para-hydroxylation sites is 2. The Morgan fingerprint density at radius 2 is 1.43 bits per heavy atom. The van der Waals surface area contributed by atoms with Crippen LogP contribution < -0.4 is 10.6 Å². The average molecular weight is 882 g/mol. The molecule has 0 aliphatic carbocycles. The number of aromatic nitrogens is 4. The van der Waals surface area contributed by atoms with Gasteiger partial charge in [-0.1, -0.05) is 148 Å². The third-order valence-electron chi connectivity index (χ3n) is 12.6. The Hall–Kier alpha value is -7.25. The van der Waals surface area contributed by atoms with Crippen LogP contribution in [0.1, 0.15) is 45.4 Å². The molecule has 12 aromatic rings. The van der Waals surface area contributed by atoms with E-state index in [1.807, 2.05) is 44.3 Å². The van der Waals surface area contributed by atoms with Crippen LogP contribution in [0.25, 0.3) is 127 Å². The van der Waals surface area contributed by atoms with E-state index in [0.717, 1.165) is 56.0 Å². The molecule has 0 bridgehead atoms. The van der Waals surface area contributed by atoms with Crippen molar-refractivity contribution in [2.75, 3.05) is 0 Å². The largest absolute Gasteiger partial charge is 0.441 e. The number of nitrogens with zero attached hydrogens (tertiary/aromatic N) is 4. The molecule has 5 heterocycles. The molecular formula is C58H45ClN4OS. The van der Waals surface area contributed by atoms with E-state index in [2.05, 4.69) is 169 Å². The number of allylic oxidation sites excluding steroid dienone is 2. The molecule has 0 saturated carbocycles. The van der Waals surface area contributed by atoms with E-state index >= 15 is 0 Å². The van der Waals surface area contributed by atoms with Crippen molar-refractivity contribution in [3.63, 3.8) is 0 Å². The molecule has 0 saturated heterocycles. The second-order valence-corrected chi connectivity index (χ2v) is 17.5. The van der Waals surface area contributed by atoms with Gasteiger partial charge in [-0.05, 0) is 101 Å². The summed E-state index contributed by atoms with van der Waals surface area (Å²) in [5, 5.41) is 13.3. The number of furan rings is 1. The Morgan fingerprint density at radius 3 is 2.20 bits per heavy atom. The van der Waals surface area contributed by atoms with Crippen molar-refractivity contribution in [3.8, 4) is 22.6 Å². The Morgan fingerprint density at radius 1 is 0.723 bits per heavy atom. The summed E-state index contributed by atoms with van der Waals surface area (Å²) >= 11 is 9.09. The van der Waals surface area contributed by atoms with Gasteiger partial charge in [-0.15, -0.1) is 11.3 Å². The summed E-state index contributed by atoms with van der Waals surface area (Å²) in [4.78, 5) is 10.2. The molecule has 0 radical (unpaired) electrons. The normalized spacial score (nSPS) is 12.7. The molecule has 0 N–H and O–H groups in total. The number of rotatable bonds is 6. The fourth-order valence-electron chi connectivity index (χ4n) is 9.89. The molecule has 5 aromatic heterocycles. The molecule has 5 nitrogen and oxygen atoms in total. The Balaban J connectivity index is 0.00000231. The van der Waals surface area contributed by atoms with Crippen LogP contribution in [0.3, 0.4) is 0 Å². The molecule has 0 amide bonds. The minimum Gasteiger partial charge on any atom is -0.441 e. The molecule has 0 fully saturated rings. The zero-order chi connectivity index (χ0) is 44.5. The van der Waals surface area contributed by atoms with Gasteiger partial charge in [-0.3, -0.25) is 4.57 Å². The van der Waals surface area contributed by atoms with Crippen LogP contribution in [0.5, 0.6) is 0 Å². The van der Waals surface area contributed by atoms with Crippen molar-refractivity contribution >= 4 is 127 Å². The van der Waals surface area contributed by atoms with E-state index in [0.29, 0.717) is 17.0 Å². The smallest absolute Gasteiger partial charge is 0.247 e. The van der Waals surface area contributed by atoms with Crippen molar-refractivity contribution in [3.05, 3.63) is 173 Å². The first-order valence-corrected chi connectivity index (χ1v) is 23.5. The van der Waals surface area contributed by atoms with Crippen LogP contribution in [0, 0.1) is 6.92 Å². The highest BCUT2D eigenvalue weighted by molar-refractivity contribution is 7.27. The van der Waals surface area contributed by atoms with E-state index in [9.17, 15) is 0 Å². The Kier molecular flexibility index (Phi) is 10.0. The number of benzene rings is 7. The number of hydrogen-bond donors (Lipinski definition) is 0. The Labute approximate surface area is 385 Å². The summed E-state index contributed by atoms with van der Waals surface area (Å²) in [6, 6.07) is 46.7. The van der Waals surface area contributed by atoms with Gasteiger partial charge in [-0.25, -0.2) is 4.98 Å². The third kappa shape index (κ3) is 6.19. The summed E-state index contributed by atoms with van der Waals surface area (Å²) < 4.78 is 13.2. The van der Waals surface area contributed by atoms with Crippen molar-refractivity contribution in [1.82, 2.24) is 19.1 Å². The van der Waals surface area contributed by atoms with E-state index in [1.54, 1.807) is 6.08 Å². The summed E-state index contributed by atoms with van der Waals surface area (Å²) in [6.45, 7) is 14.1. The number of halogens is 1. The number of fused-ring (bicyclic) bond motifs is 13. The highest BCUT2D eigenvalue weighted by Crippen LogP contribution is 2.46. The fraction of sp³-hybridized carbons (Fsp3) is 0.103. The molecule has 0 spiro atoms. The van der Waals surface area contributed by atoms with Crippen LogP contribution in [0.2, 0.25) is 5.15 Å². The third-order valence-corrected chi connectivity index (χ3v) is 14.0. The number of thiophene rings is 1. The predicted molar refractivity (Wildman–Crippen MR) is 281 cm³/mol. The molecule has 0 aliphatic heterocycles. The maximum Gasteiger partial charge on any atom is 0.247 e. The van der Waals surface area contributed by atoms with Gasteiger partial charge in [0, 0.05) is 48.1 Å². The van der Waals surface area contributed by atoms with Gasteiger partial charge in [0.05, 0.1) is 26.6 Å². The van der Waals surface area contributed by atoms with Crippen LogP contribution >= 0.6 is 22.9 Å². The molecular weight excluding hydrogens is 836 g/mol. The van der Waals surface area contributed by atoms with Gasteiger partial charge in [-0.2, -0.15) is 4.98 Å². The lowest BCUT2D eigenvalue weighted by Crippen LogP contribution is -2.28. The molecule has 316 valence electrons. The highest BCUT2D eigenvalue weighted by Gasteiger charge is 2.25. The number of aryl methyl sites for hydroxylation is 1. The van der Waals surface area contributed by atoms with Crippen LogP contribution in [-0.2, 0) is 0 Å². The zero-order valence-electron chi connectivity index (χ0n) is 36.9. The van der Waals surface area contributed by atoms with E-state index in [1.165, 1.54) is 63.5 Å².